The third-order valence-corrected chi connectivity index (χ3v) is 4.52. The van der Waals surface area contributed by atoms with Gasteiger partial charge in [-0.05, 0) is 49.7 Å². The summed E-state index contributed by atoms with van der Waals surface area (Å²) in [5.74, 6) is 0. The molecule has 6 heteroatoms. The lowest BCUT2D eigenvalue weighted by Crippen LogP contribution is -2.13. The molecular formula is C15H16N2O2S2. The van der Waals surface area contributed by atoms with Crippen LogP contribution in [-0.4, -0.2) is 13.9 Å². The van der Waals surface area contributed by atoms with Gasteiger partial charge in [0.2, 0.25) is 0 Å². The summed E-state index contributed by atoms with van der Waals surface area (Å²) in [5.41, 5.74) is 4.68. The zero-order chi connectivity index (χ0) is 15.5. The van der Waals surface area contributed by atoms with E-state index in [1.54, 1.807) is 18.2 Å². The Labute approximate surface area is 130 Å². The van der Waals surface area contributed by atoms with Gasteiger partial charge in [0, 0.05) is 5.69 Å². The van der Waals surface area contributed by atoms with Gasteiger partial charge >= 0.3 is 0 Å². The van der Waals surface area contributed by atoms with Crippen molar-refractivity contribution in [3.63, 3.8) is 0 Å². The second kappa shape index (κ2) is 6.24. The number of benzene rings is 2. The van der Waals surface area contributed by atoms with Gasteiger partial charge in [0.25, 0.3) is 10.0 Å². The first-order chi connectivity index (χ1) is 9.92. The average molecular weight is 320 g/mol. The van der Waals surface area contributed by atoms with E-state index in [2.05, 4.69) is 22.3 Å². The van der Waals surface area contributed by atoms with Gasteiger partial charge in [-0.2, -0.15) is 0 Å². The first-order valence-corrected chi connectivity index (χ1v) is 8.28. The minimum Gasteiger partial charge on any atom is -0.353 e. The van der Waals surface area contributed by atoms with Gasteiger partial charge in [-0.25, -0.2) is 8.42 Å². The molecule has 0 aliphatic rings. The lowest BCUT2D eigenvalue weighted by Gasteiger charge is -2.11. The normalized spacial score (nSPS) is 11.0. The highest BCUT2D eigenvalue weighted by atomic mass is 32.2. The summed E-state index contributed by atoms with van der Waals surface area (Å²) in [6.45, 7) is 3.84. The van der Waals surface area contributed by atoms with Crippen molar-refractivity contribution in [3.05, 3.63) is 53.6 Å². The molecule has 0 unspecified atom stereocenters. The van der Waals surface area contributed by atoms with E-state index in [1.165, 1.54) is 17.6 Å². The predicted molar refractivity (Wildman–Crippen MR) is 90.4 cm³/mol. The smallest absolute Gasteiger partial charge is 0.261 e. The standard InChI is InChI=1S/C15H16N2O2S2/c1-11-3-8-15(12(2)9-11)17-21(18,19)14-6-4-13(5-7-14)16-10-20/h3-10,17H,1-2H3,(H,16,20). The number of rotatable bonds is 5. The van der Waals surface area contributed by atoms with Crippen molar-refractivity contribution in [3.8, 4) is 0 Å². The molecule has 0 heterocycles. The van der Waals surface area contributed by atoms with Crippen LogP contribution in [0.25, 0.3) is 0 Å². The second-order valence-electron chi connectivity index (χ2n) is 4.71. The van der Waals surface area contributed by atoms with Crippen LogP contribution in [0.5, 0.6) is 0 Å². The van der Waals surface area contributed by atoms with Gasteiger partial charge in [0.1, 0.15) is 0 Å². The Bertz CT molecular complexity index is 754. The molecular weight excluding hydrogens is 304 g/mol. The van der Waals surface area contributed by atoms with Gasteiger partial charge in [-0.1, -0.05) is 29.9 Å². The van der Waals surface area contributed by atoms with Crippen LogP contribution in [0.15, 0.2) is 47.4 Å². The molecule has 0 saturated carbocycles. The highest BCUT2D eigenvalue weighted by Gasteiger charge is 2.15. The Hall–Kier alpha value is -1.92. The zero-order valence-electron chi connectivity index (χ0n) is 11.8. The van der Waals surface area contributed by atoms with E-state index in [0.29, 0.717) is 5.69 Å². The maximum absolute atomic E-state index is 12.3. The number of anilines is 2. The van der Waals surface area contributed by atoms with E-state index < -0.39 is 10.0 Å². The summed E-state index contributed by atoms with van der Waals surface area (Å²) in [6.07, 6.45) is 0. The molecule has 0 saturated heterocycles. The van der Waals surface area contributed by atoms with Crippen molar-refractivity contribution >= 4 is 39.1 Å². The number of hydrogen-bond donors (Lipinski definition) is 2. The van der Waals surface area contributed by atoms with E-state index in [0.717, 1.165) is 16.8 Å². The fourth-order valence-corrected chi connectivity index (χ4v) is 3.20. The average Bonchev–Trinajstić information content (AvgIpc) is 2.43. The molecule has 110 valence electrons. The van der Waals surface area contributed by atoms with Crippen LogP contribution in [0.1, 0.15) is 11.1 Å². The van der Waals surface area contributed by atoms with Crippen molar-refractivity contribution in [1.82, 2.24) is 0 Å². The van der Waals surface area contributed by atoms with Crippen molar-refractivity contribution in [2.24, 2.45) is 0 Å². The Kier molecular flexibility index (Phi) is 4.59. The SMILES string of the molecule is Cc1ccc(NS(=O)(=O)c2ccc(NC=S)cc2)c(C)c1. The fraction of sp³-hybridized carbons (Fsp3) is 0.133. The molecule has 0 radical (unpaired) electrons. The lowest BCUT2D eigenvalue weighted by molar-refractivity contribution is 0.601. The van der Waals surface area contributed by atoms with Crippen LogP contribution < -0.4 is 10.0 Å². The van der Waals surface area contributed by atoms with Crippen molar-refractivity contribution in [2.45, 2.75) is 18.7 Å². The summed E-state index contributed by atoms with van der Waals surface area (Å²) in [7, 11) is -3.59. The fourth-order valence-electron chi connectivity index (χ4n) is 1.93. The summed E-state index contributed by atoms with van der Waals surface area (Å²) >= 11 is 4.69. The third-order valence-electron chi connectivity index (χ3n) is 3.02. The van der Waals surface area contributed by atoms with Gasteiger partial charge in [0.15, 0.2) is 0 Å². The van der Waals surface area contributed by atoms with Gasteiger partial charge in [0.05, 0.1) is 16.1 Å². The Morgan fingerprint density at radius 3 is 2.29 bits per heavy atom. The van der Waals surface area contributed by atoms with Crippen molar-refractivity contribution < 1.29 is 8.42 Å². The highest BCUT2D eigenvalue weighted by Crippen LogP contribution is 2.21. The van der Waals surface area contributed by atoms with Crippen LogP contribution in [0.2, 0.25) is 0 Å². The molecule has 21 heavy (non-hydrogen) atoms. The monoisotopic (exact) mass is 320 g/mol. The number of hydrogen-bond acceptors (Lipinski definition) is 3. The zero-order valence-corrected chi connectivity index (χ0v) is 13.4. The summed E-state index contributed by atoms with van der Waals surface area (Å²) in [6, 6.07) is 12.0. The number of aryl methyl sites for hydroxylation is 2. The van der Waals surface area contributed by atoms with Crippen LogP contribution in [0.4, 0.5) is 11.4 Å². The van der Waals surface area contributed by atoms with E-state index in [-0.39, 0.29) is 4.90 Å². The van der Waals surface area contributed by atoms with Crippen LogP contribution >= 0.6 is 12.2 Å². The topological polar surface area (TPSA) is 58.2 Å². The second-order valence-corrected chi connectivity index (χ2v) is 6.63. The highest BCUT2D eigenvalue weighted by molar-refractivity contribution is 7.92. The summed E-state index contributed by atoms with van der Waals surface area (Å²) in [5, 5.41) is 2.83. The van der Waals surface area contributed by atoms with E-state index in [4.69, 9.17) is 0 Å². The first kappa shape index (κ1) is 15.5. The van der Waals surface area contributed by atoms with Crippen LogP contribution in [-0.2, 0) is 10.0 Å². The third kappa shape index (κ3) is 3.80. The lowest BCUT2D eigenvalue weighted by atomic mass is 10.1. The van der Waals surface area contributed by atoms with Crippen molar-refractivity contribution in [1.29, 1.82) is 0 Å². The van der Waals surface area contributed by atoms with Crippen LogP contribution in [0, 0.1) is 13.8 Å². The molecule has 0 aromatic heterocycles. The number of nitrogens with one attached hydrogen (secondary N) is 2. The molecule has 0 amide bonds. The first-order valence-electron chi connectivity index (χ1n) is 6.33. The largest absolute Gasteiger partial charge is 0.353 e. The molecule has 2 N–H and O–H groups in total. The summed E-state index contributed by atoms with van der Waals surface area (Å²) in [4.78, 5) is 0.206. The minimum atomic E-state index is -3.59. The van der Waals surface area contributed by atoms with E-state index >= 15 is 0 Å². The van der Waals surface area contributed by atoms with E-state index in [1.807, 2.05) is 26.0 Å². The molecule has 4 nitrogen and oxygen atoms in total. The molecule has 0 bridgehead atoms. The van der Waals surface area contributed by atoms with Crippen molar-refractivity contribution in [2.75, 3.05) is 10.0 Å². The van der Waals surface area contributed by atoms with Crippen LogP contribution in [0.3, 0.4) is 0 Å². The molecule has 2 aromatic rings. The molecule has 2 aromatic carbocycles. The minimum absolute atomic E-state index is 0.206. The quantitative estimate of drug-likeness (QED) is 0.828. The summed E-state index contributed by atoms with van der Waals surface area (Å²) < 4.78 is 27.3. The maximum Gasteiger partial charge on any atom is 0.261 e. The molecule has 0 fully saturated rings. The number of thiocarbonyl (C=S) groups is 1. The van der Waals surface area contributed by atoms with Gasteiger partial charge in [-0.15, -0.1) is 0 Å². The molecule has 0 spiro atoms. The van der Waals surface area contributed by atoms with E-state index in [9.17, 15) is 8.42 Å². The Morgan fingerprint density at radius 1 is 1.05 bits per heavy atom. The Morgan fingerprint density at radius 2 is 1.71 bits per heavy atom. The van der Waals surface area contributed by atoms with Gasteiger partial charge < -0.3 is 5.32 Å². The predicted octanol–water partition coefficient (Wildman–Crippen LogP) is 3.47. The Balaban J connectivity index is 2.27. The molecule has 0 atom stereocenters. The number of sulfonamides is 1. The maximum atomic E-state index is 12.3. The molecule has 0 aliphatic carbocycles. The molecule has 0 aliphatic heterocycles. The van der Waals surface area contributed by atoms with Gasteiger partial charge in [-0.3, -0.25) is 4.72 Å². The molecule has 2 rings (SSSR count).